The Bertz CT molecular complexity index is 1030. The monoisotopic (exact) mass is 547 g/mol. The maximum Gasteiger partial charge on any atom is 0.233 e. The Morgan fingerprint density at radius 3 is 2.50 bits per heavy atom. The number of aromatic nitrogens is 1. The molecule has 1 aliphatic heterocycles. The third-order valence-corrected chi connectivity index (χ3v) is 7.00. The molecule has 2 amide bonds. The van der Waals surface area contributed by atoms with E-state index in [0.29, 0.717) is 19.0 Å². The molecule has 7 nitrogen and oxygen atoms in total. The van der Waals surface area contributed by atoms with Gasteiger partial charge in [-0.1, -0.05) is 30.4 Å². The number of allylic oxidation sites excluding steroid dienone is 2. The topological polar surface area (TPSA) is 89.6 Å². The number of aryl methyl sites for hydroxylation is 1. The molecule has 1 aromatic heterocycles. The Morgan fingerprint density at radius 2 is 1.78 bits per heavy atom. The molecule has 4 unspecified atom stereocenters. The normalized spacial score (nSPS) is 26.0. The summed E-state index contributed by atoms with van der Waals surface area (Å²) in [6.45, 7) is 1.68. The number of nitrogens with one attached hydrogen (secondary N) is 3. The number of guanidine groups is 1. The number of aliphatic imine (C=N–C) groups is 1. The van der Waals surface area contributed by atoms with Crippen LogP contribution in [-0.4, -0.2) is 54.3 Å². The van der Waals surface area contributed by atoms with Crippen LogP contribution in [0.3, 0.4) is 0 Å². The second kappa shape index (κ2) is 9.64. The highest BCUT2D eigenvalue weighted by Crippen LogP contribution is 2.52. The number of amides is 2. The fourth-order valence-corrected chi connectivity index (χ4v) is 5.52. The average Bonchev–Trinajstić information content (AvgIpc) is 3.55. The van der Waals surface area contributed by atoms with E-state index in [9.17, 15) is 9.59 Å². The van der Waals surface area contributed by atoms with Crippen molar-refractivity contribution in [1.82, 2.24) is 20.5 Å². The zero-order chi connectivity index (χ0) is 21.4. The summed E-state index contributed by atoms with van der Waals surface area (Å²) in [4.78, 5) is 34.5. The van der Waals surface area contributed by atoms with Gasteiger partial charge in [0.25, 0.3) is 0 Å². The molecule has 2 heterocycles. The molecular formula is C24H30IN5O2. The van der Waals surface area contributed by atoms with Crippen molar-refractivity contribution >= 4 is 52.7 Å². The molecule has 2 aliphatic carbocycles. The number of para-hydroxylation sites is 1. The third-order valence-electron chi connectivity index (χ3n) is 7.00. The zero-order valence-corrected chi connectivity index (χ0v) is 20.5. The molecular weight excluding hydrogens is 517 g/mol. The predicted octanol–water partition coefficient (Wildman–Crippen LogP) is 2.69. The van der Waals surface area contributed by atoms with Crippen LogP contribution in [0.4, 0.5) is 0 Å². The molecule has 8 heteroatoms. The lowest BCUT2D eigenvalue weighted by Gasteiger charge is -2.18. The average molecular weight is 547 g/mol. The van der Waals surface area contributed by atoms with Crippen molar-refractivity contribution in [3.63, 3.8) is 0 Å². The molecule has 5 rings (SSSR count). The van der Waals surface area contributed by atoms with E-state index in [1.54, 1.807) is 7.05 Å². The van der Waals surface area contributed by atoms with Crippen LogP contribution in [0.2, 0.25) is 0 Å². The SMILES string of the molecule is CN=C(NCCCc1c[nH]c2ccccc12)NCCN1C(=O)C2C3C=CC(C3)C2C1=O.I. The van der Waals surface area contributed by atoms with Gasteiger partial charge < -0.3 is 15.6 Å². The predicted molar refractivity (Wildman–Crippen MR) is 136 cm³/mol. The van der Waals surface area contributed by atoms with Gasteiger partial charge in [-0.15, -0.1) is 24.0 Å². The summed E-state index contributed by atoms with van der Waals surface area (Å²) in [5, 5.41) is 7.83. The summed E-state index contributed by atoms with van der Waals surface area (Å²) >= 11 is 0. The highest BCUT2D eigenvalue weighted by Gasteiger charge is 2.58. The van der Waals surface area contributed by atoms with Gasteiger partial charge in [-0.25, -0.2) is 0 Å². The van der Waals surface area contributed by atoms with Crippen LogP contribution in [0.5, 0.6) is 0 Å². The number of rotatable bonds is 7. The highest BCUT2D eigenvalue weighted by atomic mass is 127. The maximum atomic E-state index is 12.7. The summed E-state index contributed by atoms with van der Waals surface area (Å²) in [6.07, 6.45) is 9.25. The zero-order valence-electron chi connectivity index (χ0n) is 18.2. The number of carbonyl (C=O) groups excluding carboxylic acids is 2. The van der Waals surface area contributed by atoms with Crippen molar-refractivity contribution in [3.8, 4) is 0 Å². The number of fused-ring (bicyclic) bond motifs is 6. The number of imide groups is 1. The lowest BCUT2D eigenvalue weighted by molar-refractivity contribution is -0.140. The van der Waals surface area contributed by atoms with Gasteiger partial charge in [0, 0.05) is 43.8 Å². The fourth-order valence-electron chi connectivity index (χ4n) is 5.52. The highest BCUT2D eigenvalue weighted by molar-refractivity contribution is 14.0. The number of carbonyl (C=O) groups is 2. The van der Waals surface area contributed by atoms with E-state index in [4.69, 9.17) is 0 Å². The van der Waals surface area contributed by atoms with Gasteiger partial charge in [-0.05, 0) is 42.7 Å². The van der Waals surface area contributed by atoms with Crippen LogP contribution >= 0.6 is 24.0 Å². The number of hydrogen-bond donors (Lipinski definition) is 3. The van der Waals surface area contributed by atoms with Crippen molar-refractivity contribution in [1.29, 1.82) is 0 Å². The quantitative estimate of drug-likeness (QED) is 0.124. The Kier molecular flexibility index (Phi) is 6.88. The van der Waals surface area contributed by atoms with E-state index in [1.807, 2.05) is 6.07 Å². The van der Waals surface area contributed by atoms with Gasteiger partial charge in [0.15, 0.2) is 5.96 Å². The second-order valence-corrected chi connectivity index (χ2v) is 8.72. The third kappa shape index (κ3) is 4.04. The Balaban J connectivity index is 0.00000245. The van der Waals surface area contributed by atoms with Crippen LogP contribution in [0.15, 0.2) is 47.6 Å². The number of halogens is 1. The minimum Gasteiger partial charge on any atom is -0.361 e. The lowest BCUT2D eigenvalue weighted by atomic mass is 9.85. The van der Waals surface area contributed by atoms with Crippen LogP contribution in [0, 0.1) is 23.7 Å². The molecule has 4 atom stereocenters. The van der Waals surface area contributed by atoms with Crippen molar-refractivity contribution in [2.75, 3.05) is 26.7 Å². The minimum atomic E-state index is -0.121. The van der Waals surface area contributed by atoms with Crippen molar-refractivity contribution in [2.45, 2.75) is 19.3 Å². The molecule has 3 aliphatic rings. The van der Waals surface area contributed by atoms with Crippen molar-refractivity contribution in [3.05, 3.63) is 48.2 Å². The molecule has 1 aromatic carbocycles. The van der Waals surface area contributed by atoms with Gasteiger partial charge in [-0.2, -0.15) is 0 Å². The molecule has 32 heavy (non-hydrogen) atoms. The first-order valence-corrected chi connectivity index (χ1v) is 11.2. The van der Waals surface area contributed by atoms with Crippen molar-refractivity contribution in [2.24, 2.45) is 28.7 Å². The van der Waals surface area contributed by atoms with E-state index in [0.717, 1.165) is 25.8 Å². The fraction of sp³-hybridized carbons (Fsp3) is 0.458. The minimum absolute atomic E-state index is 0. The molecule has 2 fully saturated rings. The number of H-pyrrole nitrogens is 1. The van der Waals surface area contributed by atoms with Crippen LogP contribution in [0.1, 0.15) is 18.4 Å². The molecule has 170 valence electrons. The largest absolute Gasteiger partial charge is 0.361 e. The lowest BCUT2D eigenvalue weighted by Crippen LogP contribution is -2.44. The van der Waals surface area contributed by atoms with Gasteiger partial charge in [0.05, 0.1) is 11.8 Å². The van der Waals surface area contributed by atoms with Crippen LogP contribution in [-0.2, 0) is 16.0 Å². The number of hydrogen-bond acceptors (Lipinski definition) is 3. The van der Waals surface area contributed by atoms with E-state index >= 15 is 0 Å². The number of likely N-dealkylation sites (tertiary alicyclic amines) is 1. The number of nitrogens with zero attached hydrogens (tertiary/aromatic N) is 2. The molecule has 2 aromatic rings. The van der Waals surface area contributed by atoms with Crippen LogP contribution < -0.4 is 10.6 Å². The standard InChI is InChI=1S/C24H29N5O2.HI/c1-25-24(26-10-4-5-17-14-28-19-7-3-2-6-18(17)19)27-11-12-29-22(30)20-15-8-9-16(13-15)21(20)23(29)31;/h2-3,6-9,14-16,20-21,28H,4-5,10-13H2,1H3,(H2,25,26,27);1H. The van der Waals surface area contributed by atoms with Gasteiger partial charge in [0.2, 0.25) is 11.8 Å². The summed E-state index contributed by atoms with van der Waals surface area (Å²) < 4.78 is 0. The first-order valence-electron chi connectivity index (χ1n) is 11.2. The second-order valence-electron chi connectivity index (χ2n) is 8.72. The summed E-state index contributed by atoms with van der Waals surface area (Å²) in [5.41, 5.74) is 2.49. The van der Waals surface area contributed by atoms with E-state index < -0.39 is 0 Å². The summed E-state index contributed by atoms with van der Waals surface area (Å²) in [6, 6.07) is 8.34. The van der Waals surface area contributed by atoms with Crippen molar-refractivity contribution < 1.29 is 9.59 Å². The summed E-state index contributed by atoms with van der Waals surface area (Å²) in [7, 11) is 1.73. The van der Waals surface area contributed by atoms with Gasteiger partial charge in [-0.3, -0.25) is 19.5 Å². The first kappa shape index (κ1) is 22.8. The Labute approximate surface area is 205 Å². The maximum absolute atomic E-state index is 12.7. The molecule has 2 bridgehead atoms. The molecule has 0 radical (unpaired) electrons. The van der Waals surface area contributed by atoms with E-state index in [1.165, 1.54) is 21.4 Å². The van der Waals surface area contributed by atoms with Gasteiger partial charge in [0.1, 0.15) is 0 Å². The van der Waals surface area contributed by atoms with Crippen LogP contribution in [0.25, 0.3) is 10.9 Å². The smallest absolute Gasteiger partial charge is 0.233 e. The molecule has 1 saturated heterocycles. The summed E-state index contributed by atoms with van der Waals surface area (Å²) in [5.74, 6) is 0.992. The Hall–Kier alpha value is -2.36. The van der Waals surface area contributed by atoms with E-state index in [-0.39, 0.29) is 59.5 Å². The molecule has 0 spiro atoms. The Morgan fingerprint density at radius 1 is 1.09 bits per heavy atom. The molecule has 1 saturated carbocycles. The first-order chi connectivity index (χ1) is 15.2. The number of benzene rings is 1. The van der Waals surface area contributed by atoms with E-state index in [2.05, 4.69) is 57.2 Å². The molecule has 3 N–H and O–H groups in total. The number of aromatic amines is 1. The van der Waals surface area contributed by atoms with Gasteiger partial charge >= 0.3 is 0 Å².